The van der Waals surface area contributed by atoms with E-state index in [1.807, 2.05) is 39.2 Å². The summed E-state index contributed by atoms with van der Waals surface area (Å²) in [5.41, 5.74) is 2.52. The molecular formula is C24H28N4O3. The second kappa shape index (κ2) is 10.0. The van der Waals surface area contributed by atoms with Crippen molar-refractivity contribution in [1.82, 2.24) is 20.1 Å². The lowest BCUT2D eigenvalue weighted by Crippen LogP contribution is -2.40. The number of H-pyrrole nitrogens is 1. The topological polar surface area (TPSA) is 85.5 Å². The van der Waals surface area contributed by atoms with Gasteiger partial charge in [0.25, 0.3) is 5.91 Å². The van der Waals surface area contributed by atoms with Crippen LogP contribution in [0.25, 0.3) is 10.9 Å². The molecule has 162 valence electrons. The Labute approximate surface area is 181 Å². The summed E-state index contributed by atoms with van der Waals surface area (Å²) in [6.45, 7) is 3.57. The van der Waals surface area contributed by atoms with Crippen molar-refractivity contribution >= 4 is 22.7 Å². The van der Waals surface area contributed by atoms with Gasteiger partial charge in [0, 0.05) is 36.7 Å². The van der Waals surface area contributed by atoms with Crippen LogP contribution in [0.4, 0.5) is 0 Å². The Hall–Kier alpha value is -3.45. The molecule has 0 aliphatic rings. The van der Waals surface area contributed by atoms with E-state index in [0.29, 0.717) is 24.0 Å². The Morgan fingerprint density at radius 1 is 0.968 bits per heavy atom. The third-order valence-electron chi connectivity index (χ3n) is 5.06. The van der Waals surface area contributed by atoms with Crippen molar-refractivity contribution in [2.75, 3.05) is 27.2 Å². The van der Waals surface area contributed by atoms with Gasteiger partial charge in [0.1, 0.15) is 5.56 Å². The van der Waals surface area contributed by atoms with E-state index in [9.17, 15) is 14.4 Å². The molecule has 0 atom stereocenters. The average molecular weight is 421 g/mol. The van der Waals surface area contributed by atoms with Crippen LogP contribution in [0, 0.1) is 0 Å². The Morgan fingerprint density at radius 2 is 1.61 bits per heavy atom. The molecule has 7 nitrogen and oxygen atoms in total. The van der Waals surface area contributed by atoms with E-state index in [1.165, 1.54) is 11.8 Å². The number of benzene rings is 2. The van der Waals surface area contributed by atoms with Crippen LogP contribution in [0.1, 0.15) is 28.4 Å². The number of aromatic amines is 1. The second-order valence-corrected chi connectivity index (χ2v) is 7.72. The fraction of sp³-hybridized carbons (Fsp3) is 0.292. The Bertz CT molecular complexity index is 1120. The molecule has 0 bridgehead atoms. The number of fused-ring (bicyclic) bond motifs is 1. The lowest BCUT2D eigenvalue weighted by Gasteiger charge is -2.21. The number of rotatable bonds is 8. The fourth-order valence-corrected chi connectivity index (χ4v) is 3.41. The van der Waals surface area contributed by atoms with Crippen molar-refractivity contribution in [3.63, 3.8) is 0 Å². The van der Waals surface area contributed by atoms with E-state index in [2.05, 4.69) is 27.3 Å². The van der Waals surface area contributed by atoms with Crippen molar-refractivity contribution in [3.8, 4) is 0 Å². The lowest BCUT2D eigenvalue weighted by molar-refractivity contribution is -0.130. The van der Waals surface area contributed by atoms with E-state index < -0.39 is 5.91 Å². The quantitative estimate of drug-likeness (QED) is 0.586. The molecule has 1 aromatic heterocycles. The number of pyridine rings is 1. The van der Waals surface area contributed by atoms with E-state index >= 15 is 0 Å². The number of aromatic nitrogens is 1. The molecule has 0 aliphatic carbocycles. The second-order valence-electron chi connectivity index (χ2n) is 7.72. The standard InChI is InChI=1S/C24H28N4O3/c1-4-28(16-18-11-9-17(10-12-18)15-27(2)3)22(29)14-26-24(31)20-13-25-21-8-6-5-7-19(21)23(20)30/h5-13H,4,14-16H2,1-3H3,(H,25,30)(H,26,31). The van der Waals surface area contributed by atoms with Gasteiger partial charge in [-0.05, 0) is 44.3 Å². The molecule has 2 N–H and O–H groups in total. The molecule has 0 fully saturated rings. The Kier molecular flexibility index (Phi) is 7.20. The normalized spacial score (nSPS) is 11.0. The van der Waals surface area contributed by atoms with Gasteiger partial charge in [-0.3, -0.25) is 14.4 Å². The molecule has 0 saturated carbocycles. The number of nitrogens with zero attached hydrogens (tertiary/aromatic N) is 2. The number of amides is 2. The predicted molar refractivity (Wildman–Crippen MR) is 122 cm³/mol. The molecule has 7 heteroatoms. The zero-order valence-corrected chi connectivity index (χ0v) is 18.1. The number of hydrogen-bond donors (Lipinski definition) is 2. The minimum atomic E-state index is -0.565. The lowest BCUT2D eigenvalue weighted by atomic mass is 10.1. The molecule has 3 rings (SSSR count). The van der Waals surface area contributed by atoms with Crippen LogP contribution in [0.3, 0.4) is 0 Å². The first-order valence-electron chi connectivity index (χ1n) is 10.3. The molecule has 0 unspecified atom stereocenters. The smallest absolute Gasteiger partial charge is 0.257 e. The van der Waals surface area contributed by atoms with E-state index in [4.69, 9.17) is 0 Å². The van der Waals surface area contributed by atoms with Gasteiger partial charge in [-0.25, -0.2) is 0 Å². The average Bonchev–Trinajstić information content (AvgIpc) is 2.76. The minimum Gasteiger partial charge on any atom is -0.360 e. The summed E-state index contributed by atoms with van der Waals surface area (Å²) in [7, 11) is 4.04. The summed E-state index contributed by atoms with van der Waals surface area (Å²) in [4.78, 5) is 44.4. The van der Waals surface area contributed by atoms with Gasteiger partial charge in [0.05, 0.1) is 6.54 Å². The molecule has 31 heavy (non-hydrogen) atoms. The van der Waals surface area contributed by atoms with Crippen LogP contribution in [0.2, 0.25) is 0 Å². The number of carbonyl (C=O) groups is 2. The predicted octanol–water partition coefficient (Wildman–Crippen LogP) is 2.37. The summed E-state index contributed by atoms with van der Waals surface area (Å²) in [5, 5.41) is 3.02. The number of likely N-dealkylation sites (N-methyl/N-ethyl adjacent to an activating group) is 1. The summed E-state index contributed by atoms with van der Waals surface area (Å²) in [5.74, 6) is -0.769. The zero-order valence-electron chi connectivity index (χ0n) is 18.1. The van der Waals surface area contributed by atoms with Gasteiger partial charge in [-0.15, -0.1) is 0 Å². The fourth-order valence-electron chi connectivity index (χ4n) is 3.41. The largest absolute Gasteiger partial charge is 0.360 e. The van der Waals surface area contributed by atoms with E-state index in [1.54, 1.807) is 23.1 Å². The van der Waals surface area contributed by atoms with Crippen LogP contribution in [0.15, 0.2) is 59.5 Å². The van der Waals surface area contributed by atoms with Crippen LogP contribution in [0.5, 0.6) is 0 Å². The van der Waals surface area contributed by atoms with Gasteiger partial charge in [0.2, 0.25) is 11.3 Å². The molecule has 0 saturated heterocycles. The highest BCUT2D eigenvalue weighted by Gasteiger charge is 2.17. The number of carbonyl (C=O) groups excluding carboxylic acids is 2. The zero-order chi connectivity index (χ0) is 22.4. The van der Waals surface area contributed by atoms with Crippen LogP contribution >= 0.6 is 0 Å². The number of para-hydroxylation sites is 1. The maximum absolute atomic E-state index is 12.6. The first-order valence-corrected chi connectivity index (χ1v) is 10.3. The van der Waals surface area contributed by atoms with Gasteiger partial charge < -0.3 is 20.1 Å². The maximum atomic E-state index is 12.6. The van der Waals surface area contributed by atoms with Crippen LogP contribution < -0.4 is 10.7 Å². The number of hydrogen-bond acceptors (Lipinski definition) is 4. The van der Waals surface area contributed by atoms with Crippen LogP contribution in [-0.4, -0.2) is 53.8 Å². The third-order valence-corrected chi connectivity index (χ3v) is 5.06. The summed E-state index contributed by atoms with van der Waals surface area (Å²) in [6, 6.07) is 15.1. The Morgan fingerprint density at radius 3 is 2.26 bits per heavy atom. The molecule has 3 aromatic rings. The van der Waals surface area contributed by atoms with Crippen molar-refractivity contribution in [1.29, 1.82) is 0 Å². The molecule has 0 spiro atoms. The third kappa shape index (κ3) is 5.58. The minimum absolute atomic E-state index is 0.00831. The molecule has 2 amide bonds. The van der Waals surface area contributed by atoms with Crippen molar-refractivity contribution in [2.45, 2.75) is 20.0 Å². The molecule has 0 radical (unpaired) electrons. The van der Waals surface area contributed by atoms with E-state index in [-0.39, 0.29) is 23.4 Å². The highest BCUT2D eigenvalue weighted by Crippen LogP contribution is 2.10. The van der Waals surface area contributed by atoms with Gasteiger partial charge in [0.15, 0.2) is 0 Å². The SMILES string of the molecule is CCN(Cc1ccc(CN(C)C)cc1)C(=O)CNC(=O)c1c[nH]c2ccccc2c1=O. The molecular weight excluding hydrogens is 392 g/mol. The van der Waals surface area contributed by atoms with Crippen LogP contribution in [-0.2, 0) is 17.9 Å². The summed E-state index contributed by atoms with van der Waals surface area (Å²) in [6.07, 6.45) is 1.39. The highest BCUT2D eigenvalue weighted by molar-refractivity contribution is 5.98. The van der Waals surface area contributed by atoms with Crippen molar-refractivity contribution in [2.24, 2.45) is 0 Å². The monoisotopic (exact) mass is 420 g/mol. The summed E-state index contributed by atoms with van der Waals surface area (Å²) < 4.78 is 0. The molecule has 1 heterocycles. The first-order chi connectivity index (χ1) is 14.9. The van der Waals surface area contributed by atoms with Gasteiger partial charge in [-0.2, -0.15) is 0 Å². The Balaban J connectivity index is 1.61. The maximum Gasteiger partial charge on any atom is 0.257 e. The number of nitrogens with one attached hydrogen (secondary N) is 2. The summed E-state index contributed by atoms with van der Waals surface area (Å²) >= 11 is 0. The van der Waals surface area contributed by atoms with Crippen molar-refractivity contribution < 1.29 is 9.59 Å². The van der Waals surface area contributed by atoms with Crippen molar-refractivity contribution in [3.05, 3.63) is 81.6 Å². The highest BCUT2D eigenvalue weighted by atomic mass is 16.2. The molecule has 2 aromatic carbocycles. The first kappa shape index (κ1) is 22.2. The van der Waals surface area contributed by atoms with E-state index in [0.717, 1.165) is 12.1 Å². The van der Waals surface area contributed by atoms with Gasteiger partial charge in [-0.1, -0.05) is 36.4 Å². The molecule has 0 aliphatic heterocycles. The van der Waals surface area contributed by atoms with Gasteiger partial charge >= 0.3 is 0 Å².